The van der Waals surface area contributed by atoms with Crippen molar-refractivity contribution in [3.63, 3.8) is 0 Å². The lowest BCUT2D eigenvalue weighted by molar-refractivity contribution is 0.102. The second-order valence-electron chi connectivity index (χ2n) is 5.66. The summed E-state index contributed by atoms with van der Waals surface area (Å²) in [7, 11) is 0. The third-order valence-electron chi connectivity index (χ3n) is 3.70. The van der Waals surface area contributed by atoms with E-state index in [1.165, 1.54) is 0 Å². The summed E-state index contributed by atoms with van der Waals surface area (Å²) < 4.78 is 5.54. The fourth-order valence-electron chi connectivity index (χ4n) is 2.46. The van der Waals surface area contributed by atoms with Gasteiger partial charge in [0.15, 0.2) is 0 Å². The minimum Gasteiger partial charge on any atom is -0.494 e. The molecule has 1 heterocycles. The molecule has 0 saturated carbocycles. The first-order valence-electron chi connectivity index (χ1n) is 8.08. The van der Waals surface area contributed by atoms with Crippen LogP contribution < -0.4 is 10.1 Å². The van der Waals surface area contributed by atoms with Crippen molar-refractivity contribution in [2.24, 2.45) is 0 Å². The van der Waals surface area contributed by atoms with Gasteiger partial charge in [0, 0.05) is 16.6 Å². The fraction of sp³-hybridized carbons (Fsp3) is 0.200. The van der Waals surface area contributed by atoms with Gasteiger partial charge in [0.25, 0.3) is 5.91 Å². The molecule has 0 atom stereocenters. The molecule has 4 nitrogen and oxygen atoms in total. The SMILES string of the molecule is CCCOc1ccc(C(=O)Nc2cccc3ccc(C)nc23)cc1. The number of anilines is 1. The molecule has 0 spiro atoms. The van der Waals surface area contributed by atoms with Gasteiger partial charge in [-0.05, 0) is 49.7 Å². The van der Waals surface area contributed by atoms with Crippen molar-refractivity contribution in [2.45, 2.75) is 20.3 Å². The molecule has 0 radical (unpaired) electrons. The Hall–Kier alpha value is -2.88. The number of hydrogen-bond donors (Lipinski definition) is 1. The van der Waals surface area contributed by atoms with Crippen molar-refractivity contribution >= 4 is 22.5 Å². The van der Waals surface area contributed by atoms with Crippen LogP contribution in [0, 0.1) is 6.92 Å². The highest BCUT2D eigenvalue weighted by atomic mass is 16.5. The zero-order valence-electron chi connectivity index (χ0n) is 13.9. The van der Waals surface area contributed by atoms with E-state index >= 15 is 0 Å². The molecule has 0 fully saturated rings. The maximum Gasteiger partial charge on any atom is 0.255 e. The van der Waals surface area contributed by atoms with Crippen LogP contribution in [0.1, 0.15) is 29.4 Å². The van der Waals surface area contributed by atoms with Crippen molar-refractivity contribution in [1.29, 1.82) is 0 Å². The predicted octanol–water partition coefficient (Wildman–Crippen LogP) is 4.58. The maximum atomic E-state index is 12.5. The Morgan fingerprint density at radius 3 is 2.62 bits per heavy atom. The van der Waals surface area contributed by atoms with Gasteiger partial charge in [0.1, 0.15) is 5.75 Å². The molecule has 3 aromatic rings. The number of carbonyl (C=O) groups is 1. The minimum absolute atomic E-state index is 0.159. The third kappa shape index (κ3) is 3.54. The molecule has 4 heteroatoms. The highest BCUT2D eigenvalue weighted by Crippen LogP contribution is 2.22. The van der Waals surface area contributed by atoms with Gasteiger partial charge in [-0.25, -0.2) is 0 Å². The van der Waals surface area contributed by atoms with Gasteiger partial charge in [0.2, 0.25) is 0 Å². The fourth-order valence-corrected chi connectivity index (χ4v) is 2.46. The van der Waals surface area contributed by atoms with E-state index in [0.717, 1.165) is 28.8 Å². The molecule has 0 aliphatic heterocycles. The van der Waals surface area contributed by atoms with E-state index in [-0.39, 0.29) is 5.91 Å². The lowest BCUT2D eigenvalue weighted by Crippen LogP contribution is -2.12. The summed E-state index contributed by atoms with van der Waals surface area (Å²) in [6, 6.07) is 16.9. The number of pyridine rings is 1. The Morgan fingerprint density at radius 1 is 1.08 bits per heavy atom. The smallest absolute Gasteiger partial charge is 0.255 e. The van der Waals surface area contributed by atoms with Gasteiger partial charge < -0.3 is 10.1 Å². The molecular weight excluding hydrogens is 300 g/mol. The van der Waals surface area contributed by atoms with E-state index in [9.17, 15) is 4.79 Å². The first-order chi connectivity index (χ1) is 11.7. The van der Waals surface area contributed by atoms with Gasteiger partial charge >= 0.3 is 0 Å². The largest absolute Gasteiger partial charge is 0.494 e. The molecule has 1 amide bonds. The Bertz CT molecular complexity index is 857. The number of fused-ring (bicyclic) bond motifs is 1. The molecule has 0 unspecified atom stereocenters. The number of aryl methyl sites for hydroxylation is 1. The Kier molecular flexibility index (Phi) is 4.75. The summed E-state index contributed by atoms with van der Waals surface area (Å²) >= 11 is 0. The van der Waals surface area contributed by atoms with E-state index in [4.69, 9.17) is 4.74 Å². The molecule has 0 bridgehead atoms. The molecule has 3 rings (SSSR count). The highest BCUT2D eigenvalue weighted by molar-refractivity contribution is 6.08. The van der Waals surface area contributed by atoms with Crippen molar-refractivity contribution in [2.75, 3.05) is 11.9 Å². The number of hydrogen-bond acceptors (Lipinski definition) is 3. The maximum absolute atomic E-state index is 12.5. The molecule has 0 aliphatic carbocycles. The van der Waals surface area contributed by atoms with Crippen LogP contribution in [0.15, 0.2) is 54.6 Å². The number of nitrogens with one attached hydrogen (secondary N) is 1. The minimum atomic E-state index is -0.159. The monoisotopic (exact) mass is 320 g/mol. The summed E-state index contributed by atoms with van der Waals surface area (Å²) in [5.41, 5.74) is 3.02. The molecule has 24 heavy (non-hydrogen) atoms. The second kappa shape index (κ2) is 7.13. The Labute approximate surface area is 141 Å². The van der Waals surface area contributed by atoms with E-state index in [0.29, 0.717) is 17.9 Å². The number of para-hydroxylation sites is 1. The normalized spacial score (nSPS) is 10.6. The van der Waals surface area contributed by atoms with Gasteiger partial charge in [-0.2, -0.15) is 0 Å². The highest BCUT2D eigenvalue weighted by Gasteiger charge is 2.09. The summed E-state index contributed by atoms with van der Waals surface area (Å²) in [6.07, 6.45) is 0.954. The van der Waals surface area contributed by atoms with Crippen molar-refractivity contribution in [3.8, 4) is 5.75 Å². The van der Waals surface area contributed by atoms with Gasteiger partial charge in [-0.3, -0.25) is 9.78 Å². The zero-order valence-corrected chi connectivity index (χ0v) is 13.9. The number of aromatic nitrogens is 1. The standard InChI is InChI=1S/C20H20N2O2/c1-3-13-24-17-11-9-16(10-12-17)20(23)22-18-6-4-5-15-8-7-14(2)21-19(15)18/h4-12H,3,13H2,1-2H3,(H,22,23). The van der Waals surface area contributed by atoms with Crippen LogP contribution in [-0.4, -0.2) is 17.5 Å². The van der Waals surface area contributed by atoms with Crippen LogP contribution >= 0.6 is 0 Å². The number of rotatable bonds is 5. The summed E-state index contributed by atoms with van der Waals surface area (Å²) in [5.74, 6) is 0.615. The number of benzene rings is 2. The van der Waals surface area contributed by atoms with Gasteiger partial charge in [-0.1, -0.05) is 25.1 Å². The predicted molar refractivity (Wildman–Crippen MR) is 96.7 cm³/mol. The second-order valence-corrected chi connectivity index (χ2v) is 5.66. The lowest BCUT2D eigenvalue weighted by Gasteiger charge is -2.09. The molecule has 2 aromatic carbocycles. The topological polar surface area (TPSA) is 51.2 Å². The third-order valence-corrected chi connectivity index (χ3v) is 3.70. The molecule has 122 valence electrons. The molecule has 1 aromatic heterocycles. The van der Waals surface area contributed by atoms with Crippen molar-refractivity contribution < 1.29 is 9.53 Å². The zero-order chi connectivity index (χ0) is 16.9. The molecule has 1 N–H and O–H groups in total. The van der Waals surface area contributed by atoms with Crippen LogP contribution in [-0.2, 0) is 0 Å². The quantitative estimate of drug-likeness (QED) is 0.748. The average molecular weight is 320 g/mol. The lowest BCUT2D eigenvalue weighted by atomic mass is 10.1. The molecular formula is C20H20N2O2. The van der Waals surface area contributed by atoms with Crippen LogP contribution in [0.25, 0.3) is 10.9 Å². The van der Waals surface area contributed by atoms with Crippen LogP contribution in [0.4, 0.5) is 5.69 Å². The van der Waals surface area contributed by atoms with E-state index in [1.54, 1.807) is 12.1 Å². The first-order valence-corrected chi connectivity index (χ1v) is 8.08. The molecule has 0 aliphatic rings. The van der Waals surface area contributed by atoms with Gasteiger partial charge in [-0.15, -0.1) is 0 Å². The summed E-state index contributed by atoms with van der Waals surface area (Å²) in [6.45, 7) is 4.67. The first kappa shape index (κ1) is 16.0. The van der Waals surface area contributed by atoms with Crippen LogP contribution in [0.2, 0.25) is 0 Å². The van der Waals surface area contributed by atoms with E-state index in [2.05, 4.69) is 17.2 Å². The number of nitrogens with zero attached hydrogens (tertiary/aromatic N) is 1. The van der Waals surface area contributed by atoms with Crippen LogP contribution in [0.5, 0.6) is 5.75 Å². The van der Waals surface area contributed by atoms with Crippen LogP contribution in [0.3, 0.4) is 0 Å². The van der Waals surface area contributed by atoms with Crippen molar-refractivity contribution in [1.82, 2.24) is 4.98 Å². The number of ether oxygens (including phenoxy) is 1. The number of amides is 1. The van der Waals surface area contributed by atoms with Gasteiger partial charge in [0.05, 0.1) is 17.8 Å². The summed E-state index contributed by atoms with van der Waals surface area (Å²) in [4.78, 5) is 17.0. The Morgan fingerprint density at radius 2 is 1.88 bits per heavy atom. The Balaban J connectivity index is 1.81. The van der Waals surface area contributed by atoms with E-state index < -0.39 is 0 Å². The van der Waals surface area contributed by atoms with E-state index in [1.807, 2.05) is 49.4 Å². The average Bonchev–Trinajstić information content (AvgIpc) is 2.61. The number of carbonyl (C=O) groups excluding carboxylic acids is 1. The van der Waals surface area contributed by atoms with Crippen molar-refractivity contribution in [3.05, 3.63) is 65.9 Å². The summed E-state index contributed by atoms with van der Waals surface area (Å²) in [5, 5.41) is 3.95. The molecule has 0 saturated heterocycles.